The zero-order valence-electron chi connectivity index (χ0n) is 19.9. The third kappa shape index (κ3) is 2.88. The summed E-state index contributed by atoms with van der Waals surface area (Å²) in [5, 5.41) is 0. The number of rotatable bonds is 4. The molecule has 0 bridgehead atoms. The van der Waals surface area contributed by atoms with Crippen LogP contribution in [-0.2, 0) is 18.5 Å². The van der Waals surface area contributed by atoms with Crippen molar-refractivity contribution in [2.24, 2.45) is 0 Å². The number of benzene rings is 4. The van der Waals surface area contributed by atoms with E-state index >= 15 is 0 Å². The molecule has 0 amide bonds. The topological polar surface area (TPSA) is 6.48 Å². The molecular weight excluding hydrogens is 400 g/mol. The highest BCUT2D eigenvalue weighted by molar-refractivity contribution is 5.95. The zero-order valence-corrected chi connectivity index (χ0v) is 19.9. The molecule has 164 valence electrons. The highest BCUT2D eigenvalue weighted by Crippen LogP contribution is 2.62. The fourth-order valence-corrected chi connectivity index (χ4v) is 6.17. The summed E-state index contributed by atoms with van der Waals surface area (Å²) in [5.41, 5.74) is 13.6. The summed E-state index contributed by atoms with van der Waals surface area (Å²) in [6, 6.07) is 32.4. The zero-order chi connectivity index (χ0) is 22.7. The molecule has 4 aromatic carbocycles. The Hall–Kier alpha value is -3.20. The fourth-order valence-electron chi connectivity index (χ4n) is 6.17. The van der Waals surface area contributed by atoms with E-state index in [2.05, 4.69) is 123 Å². The maximum Gasteiger partial charge on any atom is 0.0725 e. The molecule has 0 aromatic heterocycles. The summed E-state index contributed by atoms with van der Waals surface area (Å²) in [6.45, 7) is 1.89. The highest BCUT2D eigenvalue weighted by Gasteiger charge is 2.51. The summed E-state index contributed by atoms with van der Waals surface area (Å²) < 4.78 is 0. The maximum atomic E-state index is 2.44. The second-order valence-corrected chi connectivity index (χ2v) is 10.1. The molecule has 0 aliphatic heterocycles. The van der Waals surface area contributed by atoms with E-state index < -0.39 is 0 Å². The van der Waals surface area contributed by atoms with Crippen LogP contribution in [-0.4, -0.2) is 38.0 Å². The molecule has 0 saturated heterocycles. The first kappa shape index (κ1) is 20.4. The van der Waals surface area contributed by atoms with Gasteiger partial charge in [-0.1, -0.05) is 72.8 Å². The molecular formula is C31H30N2. The van der Waals surface area contributed by atoms with Crippen molar-refractivity contribution in [1.29, 1.82) is 0 Å². The molecule has 0 unspecified atom stereocenters. The predicted octanol–water partition coefficient (Wildman–Crippen LogP) is 6.15. The van der Waals surface area contributed by atoms with E-state index in [1.807, 2.05) is 0 Å². The Morgan fingerprint density at radius 1 is 0.485 bits per heavy atom. The molecule has 1 spiro atoms. The first-order valence-corrected chi connectivity index (χ1v) is 11.8. The summed E-state index contributed by atoms with van der Waals surface area (Å²) in [6.07, 6.45) is 0. The van der Waals surface area contributed by atoms with Crippen LogP contribution < -0.4 is 0 Å². The predicted molar refractivity (Wildman–Crippen MR) is 138 cm³/mol. The Labute approximate surface area is 197 Å². The van der Waals surface area contributed by atoms with Crippen molar-refractivity contribution < 1.29 is 0 Å². The van der Waals surface area contributed by atoms with Crippen LogP contribution in [0.5, 0.6) is 0 Å². The van der Waals surface area contributed by atoms with Crippen LogP contribution in [0.4, 0.5) is 0 Å². The molecule has 2 aliphatic carbocycles. The van der Waals surface area contributed by atoms with E-state index in [0.717, 1.165) is 13.1 Å². The summed E-state index contributed by atoms with van der Waals surface area (Å²) in [5.74, 6) is 0. The second-order valence-electron chi connectivity index (χ2n) is 10.1. The average molecular weight is 431 g/mol. The van der Waals surface area contributed by atoms with Crippen LogP contribution in [0.1, 0.15) is 33.4 Å². The first-order chi connectivity index (χ1) is 16.0. The van der Waals surface area contributed by atoms with Gasteiger partial charge in [0.2, 0.25) is 0 Å². The normalized spacial score (nSPS) is 14.5. The molecule has 6 rings (SSSR count). The average Bonchev–Trinajstić information content (AvgIpc) is 3.25. The maximum absolute atomic E-state index is 2.44. The Kier molecular flexibility index (Phi) is 4.58. The van der Waals surface area contributed by atoms with Crippen molar-refractivity contribution in [2.45, 2.75) is 18.5 Å². The van der Waals surface area contributed by atoms with Crippen molar-refractivity contribution in [3.8, 4) is 22.3 Å². The molecule has 33 heavy (non-hydrogen) atoms. The highest BCUT2D eigenvalue weighted by atomic mass is 15.1. The molecule has 2 aliphatic rings. The quantitative estimate of drug-likeness (QED) is 0.331. The number of nitrogens with zero attached hydrogens (tertiary/aromatic N) is 2. The molecule has 0 radical (unpaired) electrons. The lowest BCUT2D eigenvalue weighted by Crippen LogP contribution is -2.26. The van der Waals surface area contributed by atoms with Crippen LogP contribution in [0.15, 0.2) is 84.9 Å². The van der Waals surface area contributed by atoms with Gasteiger partial charge >= 0.3 is 0 Å². The molecule has 0 saturated carbocycles. The van der Waals surface area contributed by atoms with Gasteiger partial charge in [-0.3, -0.25) is 0 Å². The molecule has 4 aromatic rings. The van der Waals surface area contributed by atoms with Crippen molar-refractivity contribution >= 4 is 0 Å². The van der Waals surface area contributed by atoms with E-state index in [9.17, 15) is 0 Å². The Balaban J connectivity index is 1.70. The van der Waals surface area contributed by atoms with Crippen LogP contribution >= 0.6 is 0 Å². The molecule has 0 heterocycles. The number of hydrogen-bond acceptors (Lipinski definition) is 2. The van der Waals surface area contributed by atoms with Gasteiger partial charge in [-0.05, 0) is 96.0 Å². The van der Waals surface area contributed by atoms with Crippen LogP contribution in [0.3, 0.4) is 0 Å². The largest absolute Gasteiger partial charge is 0.305 e. The molecule has 0 N–H and O–H groups in total. The van der Waals surface area contributed by atoms with Gasteiger partial charge in [-0.15, -0.1) is 0 Å². The first-order valence-electron chi connectivity index (χ1n) is 11.8. The lowest BCUT2D eigenvalue weighted by molar-refractivity contribution is 0.402. The lowest BCUT2D eigenvalue weighted by atomic mass is 9.70. The van der Waals surface area contributed by atoms with E-state index in [4.69, 9.17) is 0 Å². The SMILES string of the molecule is CN(C)Cc1ccc2c(c1)-c1cc(CN(C)C)ccc1C21c2ccccc2-c2ccccc21. The fraction of sp³-hybridized carbons (Fsp3) is 0.226. The molecule has 2 nitrogen and oxygen atoms in total. The second kappa shape index (κ2) is 7.41. The van der Waals surface area contributed by atoms with Gasteiger partial charge in [0.1, 0.15) is 0 Å². The lowest BCUT2D eigenvalue weighted by Gasteiger charge is -2.30. The van der Waals surface area contributed by atoms with Gasteiger partial charge in [0, 0.05) is 13.1 Å². The Morgan fingerprint density at radius 3 is 1.30 bits per heavy atom. The minimum atomic E-state index is -0.245. The summed E-state index contributed by atoms with van der Waals surface area (Å²) in [4.78, 5) is 4.49. The van der Waals surface area contributed by atoms with Gasteiger partial charge < -0.3 is 9.80 Å². The number of fused-ring (bicyclic) bond motifs is 10. The smallest absolute Gasteiger partial charge is 0.0725 e. The van der Waals surface area contributed by atoms with E-state index in [1.165, 1.54) is 55.6 Å². The van der Waals surface area contributed by atoms with Gasteiger partial charge in [-0.2, -0.15) is 0 Å². The monoisotopic (exact) mass is 430 g/mol. The third-order valence-corrected chi connectivity index (χ3v) is 7.22. The Morgan fingerprint density at radius 2 is 0.879 bits per heavy atom. The third-order valence-electron chi connectivity index (χ3n) is 7.22. The van der Waals surface area contributed by atoms with Gasteiger partial charge in [0.15, 0.2) is 0 Å². The number of hydrogen-bond donors (Lipinski definition) is 0. The van der Waals surface area contributed by atoms with Crippen LogP contribution in [0.2, 0.25) is 0 Å². The van der Waals surface area contributed by atoms with Crippen LogP contribution in [0, 0.1) is 0 Å². The summed E-state index contributed by atoms with van der Waals surface area (Å²) in [7, 11) is 8.56. The standard InChI is InChI=1S/C31H30N2/c1-32(2)19-21-13-15-29-25(17-21)26-18-22(20-33(3)4)14-16-30(26)31(29)27-11-7-5-9-23(27)24-10-6-8-12-28(24)31/h5-18H,19-20H2,1-4H3. The molecule has 0 atom stereocenters. The minimum Gasteiger partial charge on any atom is -0.305 e. The van der Waals surface area contributed by atoms with Crippen molar-refractivity contribution in [1.82, 2.24) is 9.80 Å². The van der Waals surface area contributed by atoms with E-state index in [-0.39, 0.29) is 5.41 Å². The van der Waals surface area contributed by atoms with Crippen molar-refractivity contribution in [3.05, 3.63) is 118 Å². The molecule has 2 heteroatoms. The minimum absolute atomic E-state index is 0.245. The van der Waals surface area contributed by atoms with E-state index in [1.54, 1.807) is 0 Å². The van der Waals surface area contributed by atoms with Crippen molar-refractivity contribution in [3.63, 3.8) is 0 Å². The van der Waals surface area contributed by atoms with Gasteiger partial charge in [0.25, 0.3) is 0 Å². The summed E-state index contributed by atoms with van der Waals surface area (Å²) >= 11 is 0. The van der Waals surface area contributed by atoms with Gasteiger partial charge in [-0.25, -0.2) is 0 Å². The van der Waals surface area contributed by atoms with Crippen LogP contribution in [0.25, 0.3) is 22.3 Å². The van der Waals surface area contributed by atoms with Gasteiger partial charge in [0.05, 0.1) is 5.41 Å². The van der Waals surface area contributed by atoms with E-state index in [0.29, 0.717) is 0 Å². The Bertz CT molecular complexity index is 1270. The van der Waals surface area contributed by atoms with Crippen molar-refractivity contribution in [2.75, 3.05) is 28.2 Å². The molecule has 0 fully saturated rings.